The summed E-state index contributed by atoms with van der Waals surface area (Å²) >= 11 is 6.93. The number of carbonyl (C=O) groups is 1. The maximum atomic E-state index is 11.5. The topological polar surface area (TPSA) is 39.2 Å². The van der Waals surface area contributed by atoms with E-state index in [9.17, 15) is 4.79 Å². The third-order valence-corrected chi connectivity index (χ3v) is 2.53. The molecule has 0 aliphatic carbocycles. The summed E-state index contributed by atoms with van der Waals surface area (Å²) in [6, 6.07) is 0. The van der Waals surface area contributed by atoms with Gasteiger partial charge in [-0.25, -0.2) is 9.78 Å². The van der Waals surface area contributed by atoms with E-state index in [1.54, 1.807) is 5.38 Å². The van der Waals surface area contributed by atoms with Crippen molar-refractivity contribution in [3.8, 4) is 0 Å². The highest BCUT2D eigenvalue weighted by atomic mass is 35.5. The maximum absolute atomic E-state index is 11.5. The molecule has 0 saturated carbocycles. The molecule has 0 N–H and O–H groups in total. The van der Waals surface area contributed by atoms with Crippen molar-refractivity contribution in [3.63, 3.8) is 0 Å². The molecule has 0 fully saturated rings. The fraction of sp³-hybridized carbons (Fsp3) is 0.556. The van der Waals surface area contributed by atoms with Gasteiger partial charge in [0.25, 0.3) is 0 Å². The van der Waals surface area contributed by atoms with Crippen LogP contribution in [0.15, 0.2) is 5.38 Å². The molecular formula is C9H12ClNO2S. The van der Waals surface area contributed by atoms with Gasteiger partial charge in [-0.15, -0.1) is 22.9 Å². The molecule has 0 spiro atoms. The molecule has 14 heavy (non-hydrogen) atoms. The molecule has 78 valence electrons. The Morgan fingerprint density at radius 1 is 1.64 bits per heavy atom. The Balaban J connectivity index is 2.70. The van der Waals surface area contributed by atoms with Crippen molar-refractivity contribution in [1.82, 2.24) is 4.98 Å². The van der Waals surface area contributed by atoms with Crippen LogP contribution in [0.25, 0.3) is 0 Å². The standard InChI is InChI=1S/C9H12ClNO2S/c1-9(2,3)13-8(12)6-5-14-7(4-10)11-6/h5H,4H2,1-3H3. The molecule has 0 aromatic carbocycles. The summed E-state index contributed by atoms with van der Waals surface area (Å²) in [5.74, 6) is -0.0712. The van der Waals surface area contributed by atoms with Crippen molar-refractivity contribution in [3.05, 3.63) is 16.1 Å². The van der Waals surface area contributed by atoms with Crippen LogP contribution in [-0.4, -0.2) is 16.6 Å². The van der Waals surface area contributed by atoms with Gasteiger partial charge in [0.15, 0.2) is 5.69 Å². The molecule has 1 heterocycles. The molecule has 0 radical (unpaired) electrons. The minimum Gasteiger partial charge on any atom is -0.455 e. The molecule has 0 saturated heterocycles. The van der Waals surface area contributed by atoms with Gasteiger partial charge in [-0.05, 0) is 20.8 Å². The van der Waals surface area contributed by atoms with Gasteiger partial charge in [0.1, 0.15) is 10.6 Å². The molecule has 0 bridgehead atoms. The van der Waals surface area contributed by atoms with Crippen molar-refractivity contribution in [2.45, 2.75) is 32.3 Å². The fourth-order valence-electron chi connectivity index (χ4n) is 0.796. The van der Waals surface area contributed by atoms with Crippen molar-refractivity contribution in [2.24, 2.45) is 0 Å². The highest BCUT2D eigenvalue weighted by Gasteiger charge is 2.19. The van der Waals surface area contributed by atoms with E-state index in [1.807, 2.05) is 20.8 Å². The van der Waals surface area contributed by atoms with Crippen LogP contribution in [0.2, 0.25) is 0 Å². The summed E-state index contributed by atoms with van der Waals surface area (Å²) in [7, 11) is 0. The van der Waals surface area contributed by atoms with E-state index in [4.69, 9.17) is 16.3 Å². The predicted octanol–water partition coefficient (Wildman–Crippen LogP) is 2.84. The Hall–Kier alpha value is -0.610. The molecule has 0 unspecified atom stereocenters. The first-order valence-electron chi connectivity index (χ1n) is 4.16. The van der Waals surface area contributed by atoms with Crippen LogP contribution >= 0.6 is 22.9 Å². The van der Waals surface area contributed by atoms with E-state index in [2.05, 4.69) is 4.98 Å². The van der Waals surface area contributed by atoms with Crippen LogP contribution in [0.1, 0.15) is 36.3 Å². The maximum Gasteiger partial charge on any atom is 0.358 e. The van der Waals surface area contributed by atoms with E-state index in [0.29, 0.717) is 11.6 Å². The van der Waals surface area contributed by atoms with Crippen LogP contribution in [0.3, 0.4) is 0 Å². The normalized spacial score (nSPS) is 11.4. The monoisotopic (exact) mass is 233 g/mol. The Bertz CT molecular complexity index is 330. The quantitative estimate of drug-likeness (QED) is 0.583. The Labute approximate surface area is 92.1 Å². The molecular weight excluding hydrogens is 222 g/mol. The Kier molecular flexibility index (Phi) is 3.50. The van der Waals surface area contributed by atoms with Crippen molar-refractivity contribution in [2.75, 3.05) is 0 Å². The minimum atomic E-state index is -0.484. The number of hydrogen-bond acceptors (Lipinski definition) is 4. The number of esters is 1. The first-order chi connectivity index (χ1) is 6.42. The van der Waals surface area contributed by atoms with Crippen LogP contribution in [-0.2, 0) is 10.6 Å². The second-order valence-corrected chi connectivity index (χ2v) is 4.97. The minimum absolute atomic E-state index is 0.327. The summed E-state index contributed by atoms with van der Waals surface area (Å²) in [6.45, 7) is 5.46. The lowest BCUT2D eigenvalue weighted by molar-refractivity contribution is 0.00635. The summed E-state index contributed by atoms with van der Waals surface area (Å²) in [5.41, 5.74) is -0.150. The average Bonchev–Trinajstić information content (AvgIpc) is 2.48. The lowest BCUT2D eigenvalue weighted by Crippen LogP contribution is -2.24. The van der Waals surface area contributed by atoms with Gasteiger partial charge in [-0.1, -0.05) is 0 Å². The number of carbonyl (C=O) groups excluding carboxylic acids is 1. The first-order valence-corrected chi connectivity index (χ1v) is 5.57. The molecule has 5 heteroatoms. The zero-order chi connectivity index (χ0) is 10.8. The average molecular weight is 234 g/mol. The predicted molar refractivity (Wildman–Crippen MR) is 56.8 cm³/mol. The number of rotatable bonds is 2. The van der Waals surface area contributed by atoms with Gasteiger partial charge < -0.3 is 4.74 Å². The van der Waals surface area contributed by atoms with Crippen LogP contribution < -0.4 is 0 Å². The van der Waals surface area contributed by atoms with Gasteiger partial charge in [0, 0.05) is 5.38 Å². The summed E-state index contributed by atoms with van der Waals surface area (Å²) in [5, 5.41) is 2.39. The molecule has 0 amide bonds. The van der Waals surface area contributed by atoms with Crippen LogP contribution in [0.5, 0.6) is 0 Å². The number of thiazole rings is 1. The fourth-order valence-corrected chi connectivity index (χ4v) is 1.66. The van der Waals surface area contributed by atoms with E-state index in [1.165, 1.54) is 11.3 Å². The molecule has 1 aromatic heterocycles. The first kappa shape index (κ1) is 11.5. The van der Waals surface area contributed by atoms with Gasteiger partial charge in [-0.3, -0.25) is 0 Å². The van der Waals surface area contributed by atoms with Crippen molar-refractivity contribution in [1.29, 1.82) is 0 Å². The number of nitrogens with zero attached hydrogens (tertiary/aromatic N) is 1. The number of halogens is 1. The second-order valence-electron chi connectivity index (χ2n) is 3.76. The molecule has 0 aliphatic heterocycles. The molecule has 1 rings (SSSR count). The van der Waals surface area contributed by atoms with Crippen LogP contribution in [0, 0.1) is 0 Å². The SMILES string of the molecule is CC(C)(C)OC(=O)c1csc(CCl)n1. The Morgan fingerprint density at radius 2 is 2.29 bits per heavy atom. The lowest BCUT2D eigenvalue weighted by atomic mass is 10.2. The van der Waals surface area contributed by atoms with Gasteiger partial charge in [-0.2, -0.15) is 0 Å². The van der Waals surface area contributed by atoms with E-state index < -0.39 is 11.6 Å². The van der Waals surface area contributed by atoms with Gasteiger partial charge >= 0.3 is 5.97 Å². The summed E-state index contributed by atoms with van der Waals surface area (Å²) < 4.78 is 5.14. The van der Waals surface area contributed by atoms with Gasteiger partial charge in [0.2, 0.25) is 0 Å². The highest BCUT2D eigenvalue weighted by Crippen LogP contribution is 2.15. The smallest absolute Gasteiger partial charge is 0.358 e. The molecule has 0 aliphatic rings. The lowest BCUT2D eigenvalue weighted by Gasteiger charge is -2.18. The van der Waals surface area contributed by atoms with E-state index in [-0.39, 0.29) is 0 Å². The largest absolute Gasteiger partial charge is 0.455 e. The number of ether oxygens (including phenoxy) is 1. The highest BCUT2D eigenvalue weighted by molar-refractivity contribution is 7.10. The zero-order valence-electron chi connectivity index (χ0n) is 8.33. The molecule has 3 nitrogen and oxygen atoms in total. The van der Waals surface area contributed by atoms with E-state index >= 15 is 0 Å². The van der Waals surface area contributed by atoms with Crippen molar-refractivity contribution < 1.29 is 9.53 Å². The molecule has 0 atom stereocenters. The third-order valence-electron chi connectivity index (χ3n) is 1.27. The number of alkyl halides is 1. The van der Waals surface area contributed by atoms with E-state index in [0.717, 1.165) is 5.01 Å². The van der Waals surface area contributed by atoms with Crippen molar-refractivity contribution >= 4 is 28.9 Å². The Morgan fingerprint density at radius 3 is 2.71 bits per heavy atom. The van der Waals surface area contributed by atoms with Crippen LogP contribution in [0.4, 0.5) is 0 Å². The number of hydrogen-bond donors (Lipinski definition) is 0. The second kappa shape index (κ2) is 4.28. The molecule has 1 aromatic rings. The zero-order valence-corrected chi connectivity index (χ0v) is 9.91. The summed E-state index contributed by atoms with van der Waals surface area (Å²) in [6.07, 6.45) is 0. The summed E-state index contributed by atoms with van der Waals surface area (Å²) in [4.78, 5) is 15.5. The number of aromatic nitrogens is 1. The van der Waals surface area contributed by atoms with Gasteiger partial charge in [0.05, 0.1) is 5.88 Å². The third kappa shape index (κ3) is 3.27.